The highest BCUT2D eigenvalue weighted by molar-refractivity contribution is 7.99. The summed E-state index contributed by atoms with van der Waals surface area (Å²) >= 11 is 1.15. The molecule has 0 spiro atoms. The van der Waals surface area contributed by atoms with E-state index in [0.717, 1.165) is 23.9 Å². The quantitative estimate of drug-likeness (QED) is 0.125. The Kier molecular flexibility index (Phi) is 8.52. The van der Waals surface area contributed by atoms with Crippen LogP contribution in [0.15, 0.2) is 52.2 Å². The van der Waals surface area contributed by atoms with Crippen molar-refractivity contribution in [2.24, 2.45) is 11.1 Å². The van der Waals surface area contributed by atoms with E-state index in [0.29, 0.717) is 29.2 Å². The van der Waals surface area contributed by atoms with Crippen molar-refractivity contribution in [1.82, 2.24) is 0 Å². The number of alkyl halides is 3. The average molecular weight is 445 g/mol. The van der Waals surface area contributed by atoms with E-state index in [4.69, 9.17) is 4.84 Å². The lowest BCUT2D eigenvalue weighted by Crippen LogP contribution is -2.25. The normalized spacial score (nSPS) is 18.0. The first-order chi connectivity index (χ1) is 14.2. The van der Waals surface area contributed by atoms with E-state index in [9.17, 15) is 27.5 Å². The summed E-state index contributed by atoms with van der Waals surface area (Å²) in [6, 6.07) is 2.88. The second-order valence-corrected chi connectivity index (χ2v) is 7.94. The van der Waals surface area contributed by atoms with Crippen LogP contribution in [-0.4, -0.2) is 29.0 Å². The number of aliphatic hydroxyl groups is 1. The molecule has 164 valence electrons. The molecule has 0 aromatic heterocycles. The zero-order valence-corrected chi connectivity index (χ0v) is 17.3. The molecule has 0 bridgehead atoms. The van der Waals surface area contributed by atoms with Crippen LogP contribution in [0, 0.1) is 11.7 Å². The second kappa shape index (κ2) is 10.7. The van der Waals surface area contributed by atoms with Gasteiger partial charge in [0.1, 0.15) is 18.2 Å². The number of Topliss-reactive ketones (excluding diaryl/α,β-unsaturated/α-hetero) is 1. The molecule has 1 aromatic carbocycles. The van der Waals surface area contributed by atoms with Crippen LogP contribution < -0.4 is 0 Å². The van der Waals surface area contributed by atoms with E-state index in [1.807, 2.05) is 0 Å². The van der Waals surface area contributed by atoms with Gasteiger partial charge in [0.15, 0.2) is 5.78 Å². The Bertz CT molecular complexity index is 849. The largest absolute Gasteiger partial charge is 0.511 e. The molecule has 1 aliphatic rings. The Labute approximate surface area is 176 Å². The summed E-state index contributed by atoms with van der Waals surface area (Å²) in [5.41, 5.74) is -0.743. The molecule has 4 nitrogen and oxygen atoms in total. The maximum absolute atomic E-state index is 13.4. The molecule has 0 radical (unpaired) electrons. The van der Waals surface area contributed by atoms with Gasteiger partial charge < -0.3 is 9.94 Å². The predicted octanol–water partition coefficient (Wildman–Crippen LogP) is 6.09. The Morgan fingerprint density at radius 2 is 2.13 bits per heavy atom. The Morgan fingerprint density at radius 3 is 2.73 bits per heavy atom. The molecule has 1 atom stereocenters. The summed E-state index contributed by atoms with van der Waals surface area (Å²) in [5.74, 6) is -1.30. The number of benzene rings is 1. The van der Waals surface area contributed by atoms with Crippen molar-refractivity contribution >= 4 is 23.3 Å². The Hall–Kier alpha value is -2.29. The highest BCUT2D eigenvalue weighted by atomic mass is 32.2. The van der Waals surface area contributed by atoms with Gasteiger partial charge in [0.05, 0.1) is 16.8 Å². The molecular formula is C21H23F4NO3S. The summed E-state index contributed by atoms with van der Waals surface area (Å²) in [5, 5.41) is 14.3. The number of hydrogen-bond acceptors (Lipinski definition) is 5. The van der Waals surface area contributed by atoms with Crippen molar-refractivity contribution in [3.63, 3.8) is 0 Å². The molecule has 0 heterocycles. The van der Waals surface area contributed by atoms with Crippen molar-refractivity contribution in [3.8, 4) is 0 Å². The molecule has 1 unspecified atom stereocenters. The Morgan fingerprint density at radius 1 is 1.40 bits per heavy atom. The van der Waals surface area contributed by atoms with Gasteiger partial charge in [-0.2, -0.15) is 13.2 Å². The number of carbonyl (C=O) groups excluding carboxylic acids is 1. The number of ketones is 1. The first-order valence-electron chi connectivity index (χ1n) is 9.42. The van der Waals surface area contributed by atoms with Crippen molar-refractivity contribution in [3.05, 3.63) is 53.6 Å². The second-order valence-electron chi connectivity index (χ2n) is 6.77. The van der Waals surface area contributed by atoms with Gasteiger partial charge in [-0.3, -0.25) is 4.79 Å². The van der Waals surface area contributed by atoms with Crippen LogP contribution in [0.25, 0.3) is 0 Å². The van der Waals surface area contributed by atoms with Crippen LogP contribution in [-0.2, 0) is 15.8 Å². The fourth-order valence-electron chi connectivity index (χ4n) is 3.11. The van der Waals surface area contributed by atoms with Crippen LogP contribution in [0.5, 0.6) is 0 Å². The van der Waals surface area contributed by atoms with Crippen molar-refractivity contribution in [2.45, 2.75) is 43.7 Å². The van der Waals surface area contributed by atoms with Crippen LogP contribution in [0.1, 0.15) is 38.2 Å². The molecule has 0 saturated heterocycles. The van der Waals surface area contributed by atoms with Gasteiger partial charge in [-0.1, -0.05) is 24.7 Å². The van der Waals surface area contributed by atoms with E-state index < -0.39 is 17.6 Å². The van der Waals surface area contributed by atoms with Crippen molar-refractivity contribution in [2.75, 3.05) is 12.4 Å². The van der Waals surface area contributed by atoms with Gasteiger partial charge >= 0.3 is 6.18 Å². The summed E-state index contributed by atoms with van der Waals surface area (Å²) < 4.78 is 51.8. The van der Waals surface area contributed by atoms with Gasteiger partial charge in [-0.25, -0.2) is 4.39 Å². The lowest BCUT2D eigenvalue weighted by atomic mass is 9.83. The standard InChI is InChI=1S/C21H23F4NO3S/c1-3-8-29-26-17(4-2)20-18(27)10-13(11-19(20)28)7-9-30-14-5-6-16(22)15(12-14)21(23,24)25/h3,5-6,12-13,27H,1,4,7-11H2,2H3. The Balaban J connectivity index is 1.99. The highest BCUT2D eigenvalue weighted by Gasteiger charge is 2.34. The highest BCUT2D eigenvalue weighted by Crippen LogP contribution is 2.35. The summed E-state index contributed by atoms with van der Waals surface area (Å²) in [7, 11) is 0. The number of halogens is 4. The molecule has 9 heteroatoms. The summed E-state index contributed by atoms with van der Waals surface area (Å²) in [6.07, 6.45) is -1.83. The average Bonchev–Trinajstić information content (AvgIpc) is 2.66. The minimum atomic E-state index is -4.75. The third-order valence-electron chi connectivity index (χ3n) is 4.55. The number of oxime groups is 1. The maximum Gasteiger partial charge on any atom is 0.419 e. The first kappa shape index (κ1) is 24.0. The monoisotopic (exact) mass is 445 g/mol. The number of rotatable bonds is 9. The molecular weight excluding hydrogens is 422 g/mol. The van der Waals surface area contributed by atoms with E-state index in [1.54, 1.807) is 6.92 Å². The lowest BCUT2D eigenvalue weighted by Gasteiger charge is -2.23. The summed E-state index contributed by atoms with van der Waals surface area (Å²) in [6.45, 7) is 5.49. The predicted molar refractivity (Wildman–Crippen MR) is 108 cm³/mol. The van der Waals surface area contributed by atoms with E-state index in [2.05, 4.69) is 11.7 Å². The molecule has 1 aromatic rings. The zero-order chi connectivity index (χ0) is 22.3. The molecule has 1 aliphatic carbocycles. The number of allylic oxidation sites excluding steroid dienone is 2. The van der Waals surface area contributed by atoms with E-state index in [1.165, 1.54) is 12.1 Å². The fraction of sp³-hybridized carbons (Fsp3) is 0.429. The molecule has 0 amide bonds. The third kappa shape index (κ3) is 6.35. The smallest absolute Gasteiger partial charge is 0.419 e. The number of nitrogens with zero attached hydrogens (tertiary/aromatic N) is 1. The third-order valence-corrected chi connectivity index (χ3v) is 5.58. The van der Waals surface area contributed by atoms with Gasteiger partial charge in [0.25, 0.3) is 0 Å². The molecule has 0 fully saturated rings. The van der Waals surface area contributed by atoms with Crippen LogP contribution >= 0.6 is 11.8 Å². The molecule has 30 heavy (non-hydrogen) atoms. The molecule has 1 N–H and O–H groups in total. The van der Waals surface area contributed by atoms with E-state index >= 15 is 0 Å². The fourth-order valence-corrected chi connectivity index (χ4v) is 4.17. The topological polar surface area (TPSA) is 58.9 Å². The number of thioether (sulfide) groups is 1. The van der Waals surface area contributed by atoms with Crippen LogP contribution in [0.2, 0.25) is 0 Å². The van der Waals surface area contributed by atoms with Gasteiger partial charge in [0, 0.05) is 17.7 Å². The minimum Gasteiger partial charge on any atom is -0.511 e. The summed E-state index contributed by atoms with van der Waals surface area (Å²) in [4.78, 5) is 17.9. The van der Waals surface area contributed by atoms with Crippen LogP contribution in [0.4, 0.5) is 17.6 Å². The molecule has 0 aliphatic heterocycles. The van der Waals surface area contributed by atoms with Crippen molar-refractivity contribution in [1.29, 1.82) is 0 Å². The number of carbonyl (C=O) groups is 1. The minimum absolute atomic E-state index is 0.0507. The van der Waals surface area contributed by atoms with Gasteiger partial charge in [-0.05, 0) is 42.7 Å². The maximum atomic E-state index is 13.4. The van der Waals surface area contributed by atoms with Gasteiger partial charge in [-0.15, -0.1) is 11.8 Å². The van der Waals surface area contributed by atoms with Crippen molar-refractivity contribution < 1.29 is 32.3 Å². The molecule has 2 rings (SSSR count). The zero-order valence-electron chi connectivity index (χ0n) is 16.5. The lowest BCUT2D eigenvalue weighted by molar-refractivity contribution is -0.140. The van der Waals surface area contributed by atoms with Crippen LogP contribution in [0.3, 0.4) is 0 Å². The number of hydrogen-bond donors (Lipinski definition) is 1. The SMILES string of the molecule is C=CCON=C(CC)C1=C(O)CC(CCSc2ccc(F)c(C(F)(F)F)c2)CC1=O. The van der Waals surface area contributed by atoms with E-state index in [-0.39, 0.29) is 42.5 Å². The molecule has 0 saturated carbocycles. The first-order valence-corrected chi connectivity index (χ1v) is 10.4. The number of aliphatic hydroxyl groups excluding tert-OH is 1. The van der Waals surface area contributed by atoms with Gasteiger partial charge in [0.2, 0.25) is 0 Å².